The number of thioether (sulfide) groups is 1. The predicted octanol–water partition coefficient (Wildman–Crippen LogP) is 3.13. The molecule has 1 aromatic carbocycles. The topological polar surface area (TPSA) is 43.8 Å². The molecule has 0 aliphatic rings. The molecule has 2 aromatic rings. The van der Waals surface area contributed by atoms with Crippen molar-refractivity contribution in [2.45, 2.75) is 24.2 Å². The second kappa shape index (κ2) is 5.78. The molecule has 0 bridgehead atoms. The van der Waals surface area contributed by atoms with Crippen LogP contribution < -0.4 is 5.73 Å². The van der Waals surface area contributed by atoms with E-state index in [2.05, 4.69) is 11.2 Å². The number of rotatable bonds is 4. The molecule has 2 N–H and O–H groups in total. The summed E-state index contributed by atoms with van der Waals surface area (Å²) in [6.45, 7) is 2.52. The van der Waals surface area contributed by atoms with E-state index in [0.717, 1.165) is 32.6 Å². The van der Waals surface area contributed by atoms with E-state index in [9.17, 15) is 0 Å². The van der Waals surface area contributed by atoms with E-state index in [1.54, 1.807) is 11.8 Å². The zero-order valence-corrected chi connectivity index (χ0v) is 12.1. The van der Waals surface area contributed by atoms with Crippen molar-refractivity contribution in [3.63, 3.8) is 0 Å². The summed E-state index contributed by atoms with van der Waals surface area (Å²) in [6, 6.07) is 8.08. The van der Waals surface area contributed by atoms with E-state index in [1.165, 1.54) is 0 Å². The quantitative estimate of drug-likeness (QED) is 0.876. The number of hydrogen-bond acceptors (Lipinski definition) is 3. The van der Waals surface area contributed by atoms with Gasteiger partial charge in [-0.1, -0.05) is 23.7 Å². The molecule has 0 amide bonds. The van der Waals surface area contributed by atoms with Crippen LogP contribution in [0.15, 0.2) is 29.3 Å². The second-order valence-corrected chi connectivity index (χ2v) is 5.57. The first-order chi connectivity index (χ1) is 8.60. The number of nitrogens with two attached hydrogens (primary N) is 1. The highest BCUT2D eigenvalue weighted by molar-refractivity contribution is 7.98. The highest BCUT2D eigenvalue weighted by atomic mass is 35.5. The molecule has 1 heterocycles. The molecule has 0 radical (unpaired) electrons. The van der Waals surface area contributed by atoms with Crippen LogP contribution in [-0.4, -0.2) is 9.78 Å². The van der Waals surface area contributed by atoms with Crippen molar-refractivity contribution in [2.75, 3.05) is 0 Å². The highest BCUT2D eigenvalue weighted by Crippen LogP contribution is 2.27. The van der Waals surface area contributed by atoms with Crippen molar-refractivity contribution in [1.82, 2.24) is 9.78 Å². The van der Waals surface area contributed by atoms with Crippen molar-refractivity contribution in [3.05, 3.63) is 46.1 Å². The van der Waals surface area contributed by atoms with Gasteiger partial charge in [0, 0.05) is 24.4 Å². The maximum atomic E-state index is 6.23. The summed E-state index contributed by atoms with van der Waals surface area (Å²) in [4.78, 5) is 0. The summed E-state index contributed by atoms with van der Waals surface area (Å²) in [5.41, 5.74) is 8.80. The first-order valence-electron chi connectivity index (χ1n) is 5.71. The van der Waals surface area contributed by atoms with Gasteiger partial charge >= 0.3 is 0 Å². The normalized spacial score (nSPS) is 10.9. The zero-order chi connectivity index (χ0) is 13.1. The Hall–Kier alpha value is -0.970. The van der Waals surface area contributed by atoms with Gasteiger partial charge in [-0.15, -0.1) is 11.8 Å². The zero-order valence-electron chi connectivity index (χ0n) is 10.5. The van der Waals surface area contributed by atoms with Crippen LogP contribution in [0.25, 0.3) is 0 Å². The van der Waals surface area contributed by atoms with Gasteiger partial charge in [-0.2, -0.15) is 5.10 Å². The number of benzene rings is 1. The minimum Gasteiger partial charge on any atom is -0.326 e. The molecule has 0 saturated carbocycles. The first kappa shape index (κ1) is 13.5. The molecule has 2 rings (SSSR count). The van der Waals surface area contributed by atoms with E-state index in [0.29, 0.717) is 6.54 Å². The van der Waals surface area contributed by atoms with Gasteiger partial charge in [0.1, 0.15) is 0 Å². The van der Waals surface area contributed by atoms with Crippen LogP contribution in [0.4, 0.5) is 0 Å². The molecule has 0 atom stereocenters. The summed E-state index contributed by atoms with van der Waals surface area (Å²) in [5, 5.41) is 6.25. The summed E-state index contributed by atoms with van der Waals surface area (Å²) in [5.74, 6) is 0.836. The Labute approximate surface area is 116 Å². The number of halogens is 1. The Bertz CT molecular complexity index is 551. The van der Waals surface area contributed by atoms with Gasteiger partial charge in [-0.05, 0) is 30.2 Å². The standard InChI is InChI=1S/C13H16ClN3S/c1-9-5-13(17(2)16-9)18-8-11-4-3-10(7-15)6-12(11)14/h3-6H,7-8,15H2,1-2H3. The lowest BCUT2D eigenvalue weighted by atomic mass is 10.1. The average molecular weight is 282 g/mol. The van der Waals surface area contributed by atoms with E-state index in [4.69, 9.17) is 17.3 Å². The predicted molar refractivity (Wildman–Crippen MR) is 76.8 cm³/mol. The second-order valence-electron chi connectivity index (χ2n) is 4.17. The molecule has 0 unspecified atom stereocenters. The third-order valence-electron chi connectivity index (χ3n) is 2.69. The van der Waals surface area contributed by atoms with Gasteiger partial charge in [0.2, 0.25) is 0 Å². The molecule has 0 fully saturated rings. The first-order valence-corrected chi connectivity index (χ1v) is 7.07. The fourth-order valence-electron chi connectivity index (χ4n) is 1.71. The molecule has 0 aliphatic heterocycles. The van der Waals surface area contributed by atoms with E-state index in [-0.39, 0.29) is 0 Å². The smallest absolute Gasteiger partial charge is 0.0942 e. The lowest BCUT2D eigenvalue weighted by Gasteiger charge is -2.06. The van der Waals surface area contributed by atoms with Crippen LogP contribution in [0.5, 0.6) is 0 Å². The van der Waals surface area contributed by atoms with Gasteiger partial charge in [0.25, 0.3) is 0 Å². The van der Waals surface area contributed by atoms with Crippen molar-refractivity contribution >= 4 is 23.4 Å². The van der Waals surface area contributed by atoms with Gasteiger partial charge < -0.3 is 5.73 Å². The van der Waals surface area contributed by atoms with Crippen LogP contribution in [0.1, 0.15) is 16.8 Å². The molecular formula is C13H16ClN3S. The number of nitrogens with zero attached hydrogens (tertiary/aromatic N) is 2. The van der Waals surface area contributed by atoms with Crippen molar-refractivity contribution in [2.24, 2.45) is 12.8 Å². The molecule has 0 saturated heterocycles. The fourth-order valence-corrected chi connectivity index (χ4v) is 3.09. The Balaban J connectivity index is 2.08. The summed E-state index contributed by atoms with van der Waals surface area (Å²) in [6.07, 6.45) is 0. The lowest BCUT2D eigenvalue weighted by Crippen LogP contribution is -1.97. The molecule has 0 aliphatic carbocycles. The number of aromatic nitrogens is 2. The van der Waals surface area contributed by atoms with Crippen LogP contribution in [0.2, 0.25) is 5.02 Å². The SMILES string of the molecule is Cc1cc(SCc2ccc(CN)cc2Cl)n(C)n1. The molecule has 1 aromatic heterocycles. The third kappa shape index (κ3) is 3.07. The van der Waals surface area contributed by atoms with Gasteiger partial charge in [0.05, 0.1) is 10.7 Å². The maximum absolute atomic E-state index is 6.23. The average Bonchev–Trinajstić information content (AvgIpc) is 2.66. The summed E-state index contributed by atoms with van der Waals surface area (Å²) < 4.78 is 1.89. The number of hydrogen-bond donors (Lipinski definition) is 1. The van der Waals surface area contributed by atoms with E-state index < -0.39 is 0 Å². The fraction of sp³-hybridized carbons (Fsp3) is 0.308. The molecule has 0 spiro atoms. The summed E-state index contributed by atoms with van der Waals surface area (Å²) in [7, 11) is 1.95. The molecule has 18 heavy (non-hydrogen) atoms. The lowest BCUT2D eigenvalue weighted by molar-refractivity contribution is 0.692. The maximum Gasteiger partial charge on any atom is 0.0942 e. The van der Waals surface area contributed by atoms with E-state index in [1.807, 2.05) is 36.9 Å². The minimum absolute atomic E-state index is 0.522. The third-order valence-corrected chi connectivity index (χ3v) is 4.17. The van der Waals surface area contributed by atoms with Gasteiger partial charge in [-0.25, -0.2) is 0 Å². The van der Waals surface area contributed by atoms with Crippen molar-refractivity contribution < 1.29 is 0 Å². The van der Waals surface area contributed by atoms with Gasteiger partial charge in [-0.3, -0.25) is 4.68 Å². The van der Waals surface area contributed by atoms with Crippen LogP contribution >= 0.6 is 23.4 Å². The van der Waals surface area contributed by atoms with Crippen LogP contribution in [0.3, 0.4) is 0 Å². The van der Waals surface area contributed by atoms with E-state index >= 15 is 0 Å². The molecule has 96 valence electrons. The van der Waals surface area contributed by atoms with Crippen LogP contribution in [0, 0.1) is 6.92 Å². The van der Waals surface area contributed by atoms with Crippen LogP contribution in [-0.2, 0) is 19.3 Å². The largest absolute Gasteiger partial charge is 0.326 e. The van der Waals surface area contributed by atoms with Crippen molar-refractivity contribution in [1.29, 1.82) is 0 Å². The molecular weight excluding hydrogens is 266 g/mol. The van der Waals surface area contributed by atoms with Gasteiger partial charge in [0.15, 0.2) is 0 Å². The Morgan fingerprint density at radius 3 is 2.72 bits per heavy atom. The number of aryl methyl sites for hydroxylation is 2. The summed E-state index contributed by atoms with van der Waals surface area (Å²) >= 11 is 7.96. The Kier molecular flexibility index (Phi) is 4.32. The molecule has 5 heteroatoms. The Morgan fingerprint density at radius 2 is 2.17 bits per heavy atom. The minimum atomic E-state index is 0.522. The molecule has 3 nitrogen and oxygen atoms in total. The Morgan fingerprint density at radius 1 is 1.39 bits per heavy atom. The van der Waals surface area contributed by atoms with Crippen molar-refractivity contribution in [3.8, 4) is 0 Å². The monoisotopic (exact) mass is 281 g/mol. The highest BCUT2D eigenvalue weighted by Gasteiger charge is 2.06.